The molecule has 0 unspecified atom stereocenters. The number of nitrogens with two attached hydrogens (primary N) is 1. The summed E-state index contributed by atoms with van der Waals surface area (Å²) in [6, 6.07) is 8.05. The minimum atomic E-state index is -0.223. The van der Waals surface area contributed by atoms with Crippen molar-refractivity contribution in [1.29, 1.82) is 0 Å². The van der Waals surface area contributed by atoms with Gasteiger partial charge in [0, 0.05) is 0 Å². The lowest BCUT2D eigenvalue weighted by molar-refractivity contribution is 0.268. The van der Waals surface area contributed by atoms with E-state index in [4.69, 9.17) is 10.8 Å². The van der Waals surface area contributed by atoms with Crippen LogP contribution in [-0.2, 0) is 0 Å². The van der Waals surface area contributed by atoms with Crippen LogP contribution in [-0.4, -0.2) is 11.7 Å². The Kier molecular flexibility index (Phi) is 2.34. The molecule has 0 radical (unpaired) electrons. The van der Waals surface area contributed by atoms with E-state index in [1.165, 1.54) is 18.4 Å². The van der Waals surface area contributed by atoms with Gasteiger partial charge in [0.15, 0.2) is 0 Å². The minimum absolute atomic E-state index is 0.0219. The van der Waals surface area contributed by atoms with E-state index in [1.54, 1.807) is 0 Å². The van der Waals surface area contributed by atoms with Gasteiger partial charge in [-0.25, -0.2) is 0 Å². The molecule has 1 atom stereocenters. The second kappa shape index (κ2) is 3.48. The number of rotatable bonds is 3. The Balaban J connectivity index is 2.21. The Morgan fingerprint density at radius 3 is 2.85 bits per heavy atom. The Bertz CT molecular complexity index is 294. The number of aliphatic hydroxyl groups is 1. The molecule has 1 aliphatic rings. The van der Waals surface area contributed by atoms with Crippen LogP contribution in [0.2, 0.25) is 0 Å². The first kappa shape index (κ1) is 8.73. The van der Waals surface area contributed by atoms with E-state index in [0.717, 1.165) is 11.5 Å². The number of benzene rings is 1. The molecule has 0 aliphatic heterocycles. The second-order valence-electron chi connectivity index (χ2n) is 3.73. The largest absolute Gasteiger partial charge is 0.394 e. The molecule has 1 aliphatic carbocycles. The third-order valence-corrected chi connectivity index (χ3v) is 2.58. The van der Waals surface area contributed by atoms with Crippen molar-refractivity contribution in [2.24, 2.45) is 5.73 Å². The normalized spacial score (nSPS) is 18.6. The van der Waals surface area contributed by atoms with E-state index in [9.17, 15) is 0 Å². The van der Waals surface area contributed by atoms with E-state index >= 15 is 0 Å². The summed E-state index contributed by atoms with van der Waals surface area (Å²) in [6.45, 7) is 0.0219. The molecular weight excluding hydrogens is 162 g/mol. The van der Waals surface area contributed by atoms with Gasteiger partial charge in [0.25, 0.3) is 0 Å². The van der Waals surface area contributed by atoms with E-state index in [1.807, 2.05) is 12.1 Å². The molecule has 0 amide bonds. The molecular formula is C11H15NO. The maximum Gasteiger partial charge on any atom is 0.0624 e. The predicted molar refractivity (Wildman–Crippen MR) is 52.4 cm³/mol. The quantitative estimate of drug-likeness (QED) is 0.736. The van der Waals surface area contributed by atoms with Crippen LogP contribution in [0.5, 0.6) is 0 Å². The second-order valence-corrected chi connectivity index (χ2v) is 3.73. The molecule has 2 heteroatoms. The fraction of sp³-hybridized carbons (Fsp3) is 0.455. The molecule has 2 nitrogen and oxygen atoms in total. The third-order valence-electron chi connectivity index (χ3n) is 2.58. The monoisotopic (exact) mass is 177 g/mol. The SMILES string of the molecule is N[C@H](CO)c1cccc(C2CC2)c1. The van der Waals surface area contributed by atoms with Gasteiger partial charge in [0.05, 0.1) is 12.6 Å². The molecule has 0 aromatic heterocycles. The van der Waals surface area contributed by atoms with Crippen LogP contribution in [0.3, 0.4) is 0 Å². The van der Waals surface area contributed by atoms with Crippen LogP contribution >= 0.6 is 0 Å². The van der Waals surface area contributed by atoms with Gasteiger partial charge in [-0.3, -0.25) is 0 Å². The van der Waals surface area contributed by atoms with Crippen molar-refractivity contribution < 1.29 is 5.11 Å². The van der Waals surface area contributed by atoms with Crippen molar-refractivity contribution in [3.63, 3.8) is 0 Å². The van der Waals surface area contributed by atoms with Crippen LogP contribution < -0.4 is 5.73 Å². The molecule has 1 aromatic rings. The fourth-order valence-electron chi connectivity index (χ4n) is 1.57. The number of hydrogen-bond donors (Lipinski definition) is 2. The summed E-state index contributed by atoms with van der Waals surface area (Å²) in [7, 11) is 0. The lowest BCUT2D eigenvalue weighted by atomic mass is 10.0. The van der Waals surface area contributed by atoms with Gasteiger partial charge in [-0.2, -0.15) is 0 Å². The van der Waals surface area contributed by atoms with Crippen LogP contribution in [0, 0.1) is 0 Å². The maximum atomic E-state index is 8.91. The van der Waals surface area contributed by atoms with Gasteiger partial charge in [0.2, 0.25) is 0 Å². The average Bonchev–Trinajstić information content (AvgIpc) is 3.00. The van der Waals surface area contributed by atoms with Crippen molar-refractivity contribution >= 4 is 0 Å². The Morgan fingerprint density at radius 1 is 1.46 bits per heavy atom. The lowest BCUT2D eigenvalue weighted by Crippen LogP contribution is -2.14. The average molecular weight is 177 g/mol. The fourth-order valence-corrected chi connectivity index (χ4v) is 1.57. The van der Waals surface area contributed by atoms with Crippen LogP contribution in [0.25, 0.3) is 0 Å². The summed E-state index contributed by atoms with van der Waals surface area (Å²) < 4.78 is 0. The van der Waals surface area contributed by atoms with Gasteiger partial charge in [0.1, 0.15) is 0 Å². The summed E-state index contributed by atoms with van der Waals surface area (Å²) in [5.41, 5.74) is 8.16. The number of aliphatic hydroxyl groups excluding tert-OH is 1. The zero-order chi connectivity index (χ0) is 9.26. The molecule has 0 saturated heterocycles. The first-order chi connectivity index (χ1) is 6.31. The van der Waals surface area contributed by atoms with Gasteiger partial charge in [-0.05, 0) is 29.9 Å². The Morgan fingerprint density at radius 2 is 2.23 bits per heavy atom. The molecule has 0 bridgehead atoms. The predicted octanol–water partition coefficient (Wildman–Crippen LogP) is 1.56. The molecule has 0 spiro atoms. The van der Waals surface area contributed by atoms with Crippen molar-refractivity contribution in [2.75, 3.05) is 6.61 Å². The smallest absolute Gasteiger partial charge is 0.0624 e. The van der Waals surface area contributed by atoms with E-state index in [2.05, 4.69) is 12.1 Å². The van der Waals surface area contributed by atoms with Crippen molar-refractivity contribution in [3.05, 3.63) is 35.4 Å². The van der Waals surface area contributed by atoms with E-state index < -0.39 is 0 Å². The first-order valence-electron chi connectivity index (χ1n) is 4.77. The third kappa shape index (κ3) is 1.90. The van der Waals surface area contributed by atoms with Crippen molar-refractivity contribution in [3.8, 4) is 0 Å². The molecule has 1 aromatic carbocycles. The van der Waals surface area contributed by atoms with Gasteiger partial charge in [-0.1, -0.05) is 24.3 Å². The maximum absolute atomic E-state index is 8.91. The topological polar surface area (TPSA) is 46.2 Å². The Labute approximate surface area is 78.4 Å². The van der Waals surface area contributed by atoms with Crippen LogP contribution in [0.4, 0.5) is 0 Å². The lowest BCUT2D eigenvalue weighted by Gasteiger charge is -2.09. The zero-order valence-electron chi connectivity index (χ0n) is 7.61. The van der Waals surface area contributed by atoms with Gasteiger partial charge in [-0.15, -0.1) is 0 Å². The molecule has 70 valence electrons. The summed E-state index contributed by atoms with van der Waals surface area (Å²) in [5, 5.41) is 8.91. The highest BCUT2D eigenvalue weighted by atomic mass is 16.3. The van der Waals surface area contributed by atoms with Crippen LogP contribution in [0.15, 0.2) is 24.3 Å². The summed E-state index contributed by atoms with van der Waals surface area (Å²) in [6.07, 6.45) is 2.61. The highest BCUT2D eigenvalue weighted by molar-refractivity contribution is 5.30. The highest BCUT2D eigenvalue weighted by Crippen LogP contribution is 2.40. The molecule has 13 heavy (non-hydrogen) atoms. The van der Waals surface area contributed by atoms with Crippen molar-refractivity contribution in [2.45, 2.75) is 24.8 Å². The molecule has 1 fully saturated rings. The molecule has 1 saturated carbocycles. The Hall–Kier alpha value is -0.860. The van der Waals surface area contributed by atoms with Gasteiger partial charge < -0.3 is 10.8 Å². The first-order valence-corrected chi connectivity index (χ1v) is 4.77. The summed E-state index contributed by atoms with van der Waals surface area (Å²) >= 11 is 0. The van der Waals surface area contributed by atoms with Crippen LogP contribution in [0.1, 0.15) is 35.9 Å². The van der Waals surface area contributed by atoms with Crippen molar-refractivity contribution in [1.82, 2.24) is 0 Å². The highest BCUT2D eigenvalue weighted by Gasteiger charge is 2.23. The summed E-state index contributed by atoms with van der Waals surface area (Å²) in [4.78, 5) is 0. The standard InChI is InChI=1S/C11H15NO/c12-11(7-13)10-3-1-2-9(6-10)8-4-5-8/h1-3,6,8,11,13H,4-5,7,12H2/t11-/m1/s1. The molecule has 3 N–H and O–H groups in total. The molecule has 2 rings (SSSR count). The van der Waals surface area contributed by atoms with E-state index in [-0.39, 0.29) is 12.6 Å². The summed E-state index contributed by atoms with van der Waals surface area (Å²) in [5.74, 6) is 0.755. The number of hydrogen-bond acceptors (Lipinski definition) is 2. The van der Waals surface area contributed by atoms with Gasteiger partial charge >= 0.3 is 0 Å². The van der Waals surface area contributed by atoms with E-state index in [0.29, 0.717) is 0 Å². The minimum Gasteiger partial charge on any atom is -0.394 e. The zero-order valence-corrected chi connectivity index (χ0v) is 7.61. The molecule has 0 heterocycles.